The van der Waals surface area contributed by atoms with Gasteiger partial charge in [0.15, 0.2) is 5.69 Å². The lowest BCUT2D eigenvalue weighted by Gasteiger charge is -2.30. The first-order chi connectivity index (χ1) is 14.7. The van der Waals surface area contributed by atoms with Crippen LogP contribution >= 0.6 is 0 Å². The van der Waals surface area contributed by atoms with Crippen molar-refractivity contribution in [3.8, 4) is 0 Å². The zero-order chi connectivity index (χ0) is 22.6. The molecule has 1 aliphatic heterocycles. The second-order valence-electron chi connectivity index (χ2n) is 9.70. The van der Waals surface area contributed by atoms with Gasteiger partial charge in [0, 0.05) is 19.6 Å². The third kappa shape index (κ3) is 5.45. The molecule has 7 nitrogen and oxygen atoms in total. The van der Waals surface area contributed by atoms with Crippen molar-refractivity contribution >= 4 is 17.4 Å². The molecule has 2 N–H and O–H groups in total. The zero-order valence-electron chi connectivity index (χ0n) is 19.6. The van der Waals surface area contributed by atoms with E-state index in [0.717, 1.165) is 50.3 Å². The standard InChI is InChI=1S/C24H37N5O2/c1-6-13-25-23(31)20(24(2,3)4)27-22(30)19-18-16-28(5)14-10-15-29(18)21(26-19)17-11-8-7-9-12-17/h7-8,11,20H,6,9-10,12-16H2,1-5H3,(H,25,31)(H,27,30)/t20-/m1/s1. The molecule has 170 valence electrons. The van der Waals surface area contributed by atoms with Gasteiger partial charge in [-0.2, -0.15) is 0 Å². The lowest BCUT2D eigenvalue weighted by atomic mass is 9.86. The van der Waals surface area contributed by atoms with Gasteiger partial charge in [0.2, 0.25) is 5.91 Å². The molecule has 0 aromatic carbocycles. The van der Waals surface area contributed by atoms with E-state index in [1.165, 1.54) is 5.57 Å². The van der Waals surface area contributed by atoms with Crippen LogP contribution in [-0.4, -0.2) is 52.4 Å². The average Bonchev–Trinajstić information content (AvgIpc) is 2.96. The number of fused-ring (bicyclic) bond motifs is 1. The van der Waals surface area contributed by atoms with Crippen molar-refractivity contribution in [3.05, 3.63) is 35.4 Å². The predicted molar refractivity (Wildman–Crippen MR) is 124 cm³/mol. The smallest absolute Gasteiger partial charge is 0.272 e. The number of carbonyl (C=O) groups is 2. The van der Waals surface area contributed by atoms with Crippen molar-refractivity contribution in [1.82, 2.24) is 25.1 Å². The highest BCUT2D eigenvalue weighted by molar-refractivity contribution is 5.97. The molecule has 1 atom stereocenters. The number of carbonyl (C=O) groups excluding carboxylic acids is 2. The fourth-order valence-electron chi connectivity index (χ4n) is 4.16. The van der Waals surface area contributed by atoms with Gasteiger partial charge in [0.25, 0.3) is 5.91 Å². The van der Waals surface area contributed by atoms with Crippen LogP contribution < -0.4 is 10.6 Å². The van der Waals surface area contributed by atoms with Crippen molar-refractivity contribution in [1.29, 1.82) is 0 Å². The van der Waals surface area contributed by atoms with Crippen LogP contribution in [0, 0.1) is 5.41 Å². The van der Waals surface area contributed by atoms with Gasteiger partial charge in [0.05, 0.1) is 5.69 Å². The minimum Gasteiger partial charge on any atom is -0.354 e. The molecular weight excluding hydrogens is 390 g/mol. The third-order valence-corrected chi connectivity index (χ3v) is 5.88. The maximum Gasteiger partial charge on any atom is 0.272 e. The summed E-state index contributed by atoms with van der Waals surface area (Å²) in [7, 11) is 2.07. The Balaban J connectivity index is 1.95. The molecule has 0 unspecified atom stereocenters. The Hall–Kier alpha value is -2.41. The van der Waals surface area contributed by atoms with E-state index >= 15 is 0 Å². The van der Waals surface area contributed by atoms with Crippen LogP contribution in [0.3, 0.4) is 0 Å². The molecule has 0 bridgehead atoms. The Morgan fingerprint density at radius 3 is 2.68 bits per heavy atom. The number of imidazole rings is 1. The molecular formula is C24H37N5O2. The monoisotopic (exact) mass is 427 g/mol. The second-order valence-corrected chi connectivity index (χ2v) is 9.70. The van der Waals surface area contributed by atoms with E-state index in [2.05, 4.69) is 45.4 Å². The maximum absolute atomic E-state index is 13.4. The van der Waals surface area contributed by atoms with E-state index in [1.54, 1.807) is 0 Å². The molecule has 0 saturated carbocycles. The highest BCUT2D eigenvalue weighted by Crippen LogP contribution is 2.28. The average molecular weight is 428 g/mol. The molecule has 0 spiro atoms. The Kier molecular flexibility index (Phi) is 7.36. The molecule has 3 rings (SSSR count). The number of amides is 2. The normalized spacial score (nSPS) is 18.0. The van der Waals surface area contributed by atoms with Crippen molar-refractivity contribution in [2.24, 2.45) is 5.41 Å². The largest absolute Gasteiger partial charge is 0.354 e. The summed E-state index contributed by atoms with van der Waals surface area (Å²) < 4.78 is 2.21. The van der Waals surface area contributed by atoms with Crippen LogP contribution in [0.2, 0.25) is 0 Å². The van der Waals surface area contributed by atoms with Crippen molar-refractivity contribution < 1.29 is 9.59 Å². The fraction of sp³-hybridized carbons (Fsp3) is 0.625. The number of hydrogen-bond donors (Lipinski definition) is 2. The number of nitrogens with one attached hydrogen (secondary N) is 2. The number of hydrogen-bond acceptors (Lipinski definition) is 4. The Bertz CT molecular complexity index is 875. The summed E-state index contributed by atoms with van der Waals surface area (Å²) in [5, 5.41) is 5.93. The van der Waals surface area contributed by atoms with Gasteiger partial charge < -0.3 is 20.1 Å². The Labute approximate surface area is 186 Å². The molecule has 1 aromatic rings. The van der Waals surface area contributed by atoms with Crippen LogP contribution in [0.15, 0.2) is 18.2 Å². The van der Waals surface area contributed by atoms with E-state index in [9.17, 15) is 9.59 Å². The first-order valence-electron chi connectivity index (χ1n) is 11.4. The molecule has 1 aliphatic carbocycles. The number of allylic oxidation sites excluding steroid dienone is 4. The van der Waals surface area contributed by atoms with Crippen molar-refractivity contribution in [2.75, 3.05) is 20.1 Å². The molecule has 2 aliphatic rings. The molecule has 31 heavy (non-hydrogen) atoms. The first-order valence-corrected chi connectivity index (χ1v) is 11.4. The van der Waals surface area contributed by atoms with Gasteiger partial charge in [-0.25, -0.2) is 4.98 Å². The van der Waals surface area contributed by atoms with Crippen LogP contribution in [0.1, 0.15) is 75.4 Å². The van der Waals surface area contributed by atoms with E-state index in [-0.39, 0.29) is 11.8 Å². The molecule has 2 heterocycles. The summed E-state index contributed by atoms with van der Waals surface area (Å²) in [6.45, 7) is 11.0. The van der Waals surface area contributed by atoms with Gasteiger partial charge in [-0.1, -0.05) is 45.9 Å². The van der Waals surface area contributed by atoms with Crippen LogP contribution in [0.4, 0.5) is 0 Å². The lowest BCUT2D eigenvalue weighted by molar-refractivity contribution is -0.125. The third-order valence-electron chi connectivity index (χ3n) is 5.88. The van der Waals surface area contributed by atoms with E-state index in [1.807, 2.05) is 27.7 Å². The molecule has 0 saturated heterocycles. The quantitative estimate of drug-likeness (QED) is 0.731. The van der Waals surface area contributed by atoms with Gasteiger partial charge in [-0.15, -0.1) is 0 Å². The van der Waals surface area contributed by atoms with E-state index < -0.39 is 11.5 Å². The minimum atomic E-state index is -0.632. The molecule has 0 fully saturated rings. The first kappa shape index (κ1) is 23.3. The van der Waals surface area contributed by atoms with Crippen LogP contribution in [0.25, 0.3) is 5.57 Å². The topological polar surface area (TPSA) is 79.3 Å². The Morgan fingerprint density at radius 1 is 1.26 bits per heavy atom. The summed E-state index contributed by atoms with van der Waals surface area (Å²) in [5.41, 5.74) is 2.13. The summed E-state index contributed by atoms with van der Waals surface area (Å²) in [6.07, 6.45) is 10.1. The Morgan fingerprint density at radius 2 is 2.03 bits per heavy atom. The minimum absolute atomic E-state index is 0.148. The van der Waals surface area contributed by atoms with Gasteiger partial charge in [0.1, 0.15) is 11.9 Å². The summed E-state index contributed by atoms with van der Waals surface area (Å²) in [4.78, 5) is 33.3. The molecule has 0 radical (unpaired) electrons. The van der Waals surface area contributed by atoms with E-state index in [4.69, 9.17) is 4.98 Å². The summed E-state index contributed by atoms with van der Waals surface area (Å²) >= 11 is 0. The highest BCUT2D eigenvalue weighted by Gasteiger charge is 2.35. The van der Waals surface area contributed by atoms with Crippen molar-refractivity contribution in [3.63, 3.8) is 0 Å². The zero-order valence-corrected chi connectivity index (χ0v) is 19.6. The predicted octanol–water partition coefficient (Wildman–Crippen LogP) is 3.12. The summed E-state index contributed by atoms with van der Waals surface area (Å²) in [5.74, 6) is 0.469. The molecule has 2 amide bonds. The fourth-order valence-corrected chi connectivity index (χ4v) is 4.16. The van der Waals surface area contributed by atoms with E-state index in [0.29, 0.717) is 18.8 Å². The number of rotatable bonds is 6. The summed E-state index contributed by atoms with van der Waals surface area (Å²) in [6, 6.07) is -0.632. The highest BCUT2D eigenvalue weighted by atomic mass is 16.2. The van der Waals surface area contributed by atoms with Gasteiger partial charge in [-0.05, 0) is 50.3 Å². The van der Waals surface area contributed by atoms with Gasteiger partial charge in [-0.3, -0.25) is 9.59 Å². The second kappa shape index (κ2) is 9.81. The molecule has 1 aromatic heterocycles. The number of aromatic nitrogens is 2. The van der Waals surface area contributed by atoms with Crippen LogP contribution in [-0.2, 0) is 17.9 Å². The number of nitrogens with zero attached hydrogens (tertiary/aromatic N) is 3. The van der Waals surface area contributed by atoms with Gasteiger partial charge >= 0.3 is 0 Å². The van der Waals surface area contributed by atoms with Crippen LogP contribution in [0.5, 0.6) is 0 Å². The lowest BCUT2D eigenvalue weighted by Crippen LogP contribution is -2.53. The SMILES string of the molecule is CCCNC(=O)[C@@H](NC(=O)c1nc(C2=CC=CCC2)n2c1CN(C)CCC2)C(C)(C)C. The van der Waals surface area contributed by atoms with Crippen molar-refractivity contribution in [2.45, 2.75) is 72.5 Å². The molecule has 7 heteroatoms. The maximum atomic E-state index is 13.4.